The molecule has 2 aromatic carbocycles. The van der Waals surface area contributed by atoms with E-state index in [1.54, 1.807) is 6.07 Å². The number of aromatic nitrogens is 5. The third-order valence-electron chi connectivity index (χ3n) is 3.66. The molecule has 0 atom stereocenters. The lowest BCUT2D eigenvalue weighted by atomic mass is 10.2. The lowest BCUT2D eigenvalue weighted by Crippen LogP contribution is -2.19. The van der Waals surface area contributed by atoms with Gasteiger partial charge in [0.25, 0.3) is 5.56 Å². The van der Waals surface area contributed by atoms with Gasteiger partial charge < -0.3 is 0 Å². The zero-order chi connectivity index (χ0) is 17.6. The first kappa shape index (κ1) is 15.7. The second-order valence-corrected chi connectivity index (χ2v) is 5.99. The molecular formula is C16H8Cl2FN5O. The normalized spacial score (nSPS) is 11.2. The van der Waals surface area contributed by atoms with Crippen LogP contribution in [-0.4, -0.2) is 24.3 Å². The SMILES string of the molecule is O=c1c2cc(F)ccc2ncn1-c1cc(-n2cncn2)c(Cl)cc1Cl. The van der Waals surface area contributed by atoms with Crippen LogP contribution in [0.4, 0.5) is 4.39 Å². The van der Waals surface area contributed by atoms with Gasteiger partial charge in [0.1, 0.15) is 24.8 Å². The van der Waals surface area contributed by atoms with E-state index in [-0.39, 0.29) is 10.4 Å². The maximum atomic E-state index is 13.5. The lowest BCUT2D eigenvalue weighted by molar-refractivity contribution is 0.629. The largest absolute Gasteiger partial charge is 0.268 e. The van der Waals surface area contributed by atoms with Gasteiger partial charge >= 0.3 is 0 Å². The molecule has 0 aliphatic carbocycles. The molecule has 9 heteroatoms. The van der Waals surface area contributed by atoms with Crippen LogP contribution in [0.2, 0.25) is 10.0 Å². The molecule has 0 unspecified atom stereocenters. The van der Waals surface area contributed by atoms with Crippen molar-refractivity contribution in [1.82, 2.24) is 24.3 Å². The van der Waals surface area contributed by atoms with Gasteiger partial charge in [-0.3, -0.25) is 9.36 Å². The smallest absolute Gasteiger partial charge is 0.265 e. The van der Waals surface area contributed by atoms with Crippen molar-refractivity contribution in [1.29, 1.82) is 0 Å². The minimum atomic E-state index is -0.519. The van der Waals surface area contributed by atoms with Gasteiger partial charge in [-0.15, -0.1) is 0 Å². The summed E-state index contributed by atoms with van der Waals surface area (Å²) >= 11 is 12.5. The van der Waals surface area contributed by atoms with E-state index < -0.39 is 11.4 Å². The molecule has 2 heterocycles. The van der Waals surface area contributed by atoms with Crippen molar-refractivity contribution in [2.24, 2.45) is 0 Å². The molecule has 0 radical (unpaired) electrons. The Balaban J connectivity index is 1.99. The summed E-state index contributed by atoms with van der Waals surface area (Å²) in [4.78, 5) is 20.8. The maximum absolute atomic E-state index is 13.5. The fourth-order valence-electron chi connectivity index (χ4n) is 2.49. The zero-order valence-corrected chi connectivity index (χ0v) is 13.9. The van der Waals surface area contributed by atoms with Crippen LogP contribution in [0.1, 0.15) is 0 Å². The molecule has 124 valence electrons. The van der Waals surface area contributed by atoms with E-state index in [2.05, 4.69) is 15.1 Å². The van der Waals surface area contributed by atoms with Gasteiger partial charge in [-0.1, -0.05) is 23.2 Å². The van der Waals surface area contributed by atoms with Crippen LogP contribution in [0.15, 0.2) is 54.1 Å². The van der Waals surface area contributed by atoms with E-state index in [1.165, 1.54) is 46.4 Å². The van der Waals surface area contributed by atoms with Gasteiger partial charge in [-0.05, 0) is 30.3 Å². The van der Waals surface area contributed by atoms with Crippen molar-refractivity contribution in [3.63, 3.8) is 0 Å². The van der Waals surface area contributed by atoms with Crippen molar-refractivity contribution in [3.8, 4) is 11.4 Å². The summed E-state index contributed by atoms with van der Waals surface area (Å²) in [6, 6.07) is 6.92. The van der Waals surface area contributed by atoms with Crippen LogP contribution in [-0.2, 0) is 0 Å². The van der Waals surface area contributed by atoms with E-state index in [9.17, 15) is 9.18 Å². The Hall–Kier alpha value is -2.77. The first-order chi connectivity index (χ1) is 12.0. The zero-order valence-electron chi connectivity index (χ0n) is 12.4. The quantitative estimate of drug-likeness (QED) is 0.538. The molecule has 0 bridgehead atoms. The molecule has 0 fully saturated rings. The first-order valence-electron chi connectivity index (χ1n) is 7.06. The molecule has 0 saturated carbocycles. The summed E-state index contributed by atoms with van der Waals surface area (Å²) in [5.41, 5.74) is 0.785. The molecule has 2 aromatic heterocycles. The summed E-state index contributed by atoms with van der Waals surface area (Å²) in [6.07, 6.45) is 4.16. The van der Waals surface area contributed by atoms with Crippen molar-refractivity contribution in [3.05, 3.63) is 75.5 Å². The maximum Gasteiger partial charge on any atom is 0.265 e. The Morgan fingerprint density at radius 3 is 2.56 bits per heavy atom. The molecule has 4 rings (SSSR count). The van der Waals surface area contributed by atoms with E-state index >= 15 is 0 Å². The molecule has 0 spiro atoms. The van der Waals surface area contributed by atoms with Gasteiger partial charge in [-0.25, -0.2) is 19.0 Å². The average molecular weight is 376 g/mol. The van der Waals surface area contributed by atoms with Crippen LogP contribution in [0.3, 0.4) is 0 Å². The number of halogens is 3. The minimum Gasteiger partial charge on any atom is -0.268 e. The molecule has 4 aromatic rings. The van der Waals surface area contributed by atoms with E-state index in [1.807, 2.05) is 0 Å². The molecule has 0 aliphatic heterocycles. The van der Waals surface area contributed by atoms with Gasteiger partial charge in [0.15, 0.2) is 0 Å². The lowest BCUT2D eigenvalue weighted by Gasteiger charge is -2.12. The summed E-state index contributed by atoms with van der Waals surface area (Å²) in [7, 11) is 0. The fraction of sp³-hybridized carbons (Fsp3) is 0. The van der Waals surface area contributed by atoms with Crippen LogP contribution in [0, 0.1) is 5.82 Å². The van der Waals surface area contributed by atoms with Crippen LogP contribution in [0.25, 0.3) is 22.3 Å². The first-order valence-corrected chi connectivity index (χ1v) is 7.81. The third kappa shape index (κ3) is 2.67. The Morgan fingerprint density at radius 2 is 1.80 bits per heavy atom. The number of nitrogens with zero attached hydrogens (tertiary/aromatic N) is 5. The summed E-state index contributed by atoms with van der Waals surface area (Å²) in [5.74, 6) is -0.519. The molecule has 0 saturated heterocycles. The number of hydrogen-bond donors (Lipinski definition) is 0. The van der Waals surface area contributed by atoms with Crippen molar-refractivity contribution in [2.45, 2.75) is 0 Å². The molecule has 0 aliphatic rings. The molecule has 6 nitrogen and oxygen atoms in total. The van der Waals surface area contributed by atoms with E-state index in [4.69, 9.17) is 23.2 Å². The highest BCUT2D eigenvalue weighted by atomic mass is 35.5. The number of hydrogen-bond acceptors (Lipinski definition) is 4. The molecule has 0 amide bonds. The highest BCUT2D eigenvalue weighted by Crippen LogP contribution is 2.29. The van der Waals surface area contributed by atoms with E-state index in [0.29, 0.717) is 21.9 Å². The minimum absolute atomic E-state index is 0.149. The van der Waals surface area contributed by atoms with Crippen molar-refractivity contribution >= 4 is 34.1 Å². The van der Waals surface area contributed by atoms with Gasteiger partial charge in [-0.2, -0.15) is 5.10 Å². The Labute approximate surface area is 150 Å². The fourth-order valence-corrected chi connectivity index (χ4v) is 3.05. The molecular weight excluding hydrogens is 368 g/mol. The average Bonchev–Trinajstić information content (AvgIpc) is 3.11. The van der Waals surface area contributed by atoms with Crippen LogP contribution >= 0.6 is 23.2 Å². The molecule has 25 heavy (non-hydrogen) atoms. The van der Waals surface area contributed by atoms with Gasteiger partial charge in [0.2, 0.25) is 0 Å². The Kier molecular flexibility index (Phi) is 3.74. The summed E-state index contributed by atoms with van der Waals surface area (Å²) in [5, 5.41) is 4.75. The monoisotopic (exact) mass is 375 g/mol. The van der Waals surface area contributed by atoms with Gasteiger partial charge in [0.05, 0.1) is 32.3 Å². The van der Waals surface area contributed by atoms with Crippen LogP contribution in [0.5, 0.6) is 0 Å². The number of benzene rings is 2. The van der Waals surface area contributed by atoms with Crippen LogP contribution < -0.4 is 5.56 Å². The topological polar surface area (TPSA) is 65.6 Å². The summed E-state index contributed by atoms with van der Waals surface area (Å²) < 4.78 is 16.2. The number of rotatable bonds is 2. The number of fused-ring (bicyclic) bond motifs is 1. The van der Waals surface area contributed by atoms with Crippen molar-refractivity contribution < 1.29 is 4.39 Å². The second kappa shape index (κ2) is 5.94. The predicted molar refractivity (Wildman–Crippen MR) is 92.2 cm³/mol. The highest BCUT2D eigenvalue weighted by molar-refractivity contribution is 6.36. The van der Waals surface area contributed by atoms with Gasteiger partial charge in [0, 0.05) is 0 Å². The van der Waals surface area contributed by atoms with Crippen molar-refractivity contribution in [2.75, 3.05) is 0 Å². The Morgan fingerprint density at radius 1 is 1.00 bits per heavy atom. The predicted octanol–water partition coefficient (Wildman–Crippen LogP) is 3.41. The second-order valence-electron chi connectivity index (χ2n) is 5.18. The third-order valence-corrected chi connectivity index (χ3v) is 4.27. The summed E-state index contributed by atoms with van der Waals surface area (Å²) in [6.45, 7) is 0. The molecule has 0 N–H and O–H groups in total. The highest BCUT2D eigenvalue weighted by Gasteiger charge is 2.14. The Bertz CT molecular complexity index is 1160. The standard InChI is InChI=1S/C16H8Cl2FN5O/c17-11-4-12(18)15(24-7-20-6-22-24)5-14(11)23-8-21-13-2-1-9(19)3-10(13)16(23)25/h1-8H. The van der Waals surface area contributed by atoms with E-state index in [0.717, 1.165) is 6.07 Å².